The molecule has 0 N–H and O–H groups in total. The number of hydrogen-bond acceptors (Lipinski definition) is 2. The van der Waals surface area contributed by atoms with Crippen molar-refractivity contribution in [1.29, 1.82) is 0 Å². The Morgan fingerprint density at radius 2 is 1.00 bits per heavy atom. The number of hydrogen-bond donors (Lipinski definition) is 0. The molecule has 0 aliphatic carbocycles. The highest BCUT2D eigenvalue weighted by Crippen LogP contribution is 2.51. The van der Waals surface area contributed by atoms with Crippen LogP contribution in [0.1, 0.15) is 105 Å². The minimum Gasteiger partial charge on any atom is -0.303 e. The lowest BCUT2D eigenvalue weighted by atomic mass is 9.74. The van der Waals surface area contributed by atoms with Gasteiger partial charge < -0.3 is 9.05 Å². The van der Waals surface area contributed by atoms with Crippen molar-refractivity contribution >= 4 is 13.7 Å². The van der Waals surface area contributed by atoms with E-state index in [1.54, 1.807) is 0 Å². The van der Waals surface area contributed by atoms with E-state index in [4.69, 9.17) is 9.05 Å². The monoisotopic (exact) mass is 530 g/mol. The molecule has 1 saturated heterocycles. The van der Waals surface area contributed by atoms with E-state index in [0.717, 1.165) is 5.30 Å². The van der Waals surface area contributed by atoms with Crippen LogP contribution in [0.2, 0.25) is 0 Å². The Bertz CT molecular complexity index is 1320. The standard InChI is InChI=1S/C35H47O2P/c1-32(2,3)23-16-18-25(28(20-23)34(7,8)9)26-14-13-15-30(38-36-22-37-38)31(26)27-19-17-24(33(4,5)6)21-29(27)35(10,11)12/h13-21H,22H2,1-12H3. The summed E-state index contributed by atoms with van der Waals surface area (Å²) in [6.07, 6.45) is 0. The topological polar surface area (TPSA) is 18.5 Å². The van der Waals surface area contributed by atoms with Gasteiger partial charge in [-0.05, 0) is 66.7 Å². The van der Waals surface area contributed by atoms with E-state index in [0.29, 0.717) is 6.79 Å². The van der Waals surface area contributed by atoms with Gasteiger partial charge in [0.25, 0.3) is 0 Å². The molecule has 0 atom stereocenters. The van der Waals surface area contributed by atoms with Crippen LogP contribution in [-0.2, 0) is 30.7 Å². The van der Waals surface area contributed by atoms with Crippen molar-refractivity contribution in [2.45, 2.75) is 105 Å². The second-order valence-corrected chi connectivity index (χ2v) is 16.4. The largest absolute Gasteiger partial charge is 0.303 e. The molecule has 2 nitrogen and oxygen atoms in total. The van der Waals surface area contributed by atoms with Gasteiger partial charge in [-0.1, -0.05) is 132 Å². The van der Waals surface area contributed by atoms with Crippen LogP contribution in [0.4, 0.5) is 0 Å². The molecule has 0 saturated carbocycles. The molecule has 38 heavy (non-hydrogen) atoms. The maximum atomic E-state index is 5.98. The molecular weight excluding hydrogens is 483 g/mol. The summed E-state index contributed by atoms with van der Waals surface area (Å²) in [6.45, 7) is 28.1. The smallest absolute Gasteiger partial charge is 0.210 e. The van der Waals surface area contributed by atoms with Crippen molar-refractivity contribution in [3.63, 3.8) is 0 Å². The van der Waals surface area contributed by atoms with Crippen molar-refractivity contribution in [3.05, 3.63) is 76.9 Å². The summed E-state index contributed by atoms with van der Waals surface area (Å²) in [5.74, 6) is 0. The molecule has 0 bridgehead atoms. The molecule has 0 spiro atoms. The van der Waals surface area contributed by atoms with Crippen LogP contribution >= 0.6 is 8.38 Å². The molecule has 1 aliphatic rings. The molecule has 0 radical (unpaired) electrons. The van der Waals surface area contributed by atoms with Gasteiger partial charge in [-0.25, -0.2) is 0 Å². The average Bonchev–Trinajstić information content (AvgIpc) is 2.74. The van der Waals surface area contributed by atoms with E-state index in [-0.39, 0.29) is 21.7 Å². The van der Waals surface area contributed by atoms with Crippen LogP contribution < -0.4 is 5.30 Å². The summed E-state index contributed by atoms with van der Waals surface area (Å²) < 4.78 is 12.0. The molecular formula is C35H47O2P. The zero-order valence-corrected chi connectivity index (χ0v) is 26.6. The highest BCUT2D eigenvalue weighted by Gasteiger charge is 2.32. The van der Waals surface area contributed by atoms with Gasteiger partial charge in [-0.3, -0.25) is 0 Å². The first kappa shape index (κ1) is 29.0. The Balaban J connectivity index is 2.09. The second-order valence-electron chi connectivity index (χ2n) is 14.9. The van der Waals surface area contributed by atoms with E-state index in [1.807, 2.05) is 0 Å². The van der Waals surface area contributed by atoms with Gasteiger partial charge in [0.2, 0.25) is 8.38 Å². The van der Waals surface area contributed by atoms with E-state index < -0.39 is 8.38 Å². The maximum absolute atomic E-state index is 5.98. The Morgan fingerprint density at radius 1 is 0.526 bits per heavy atom. The quantitative estimate of drug-likeness (QED) is 0.314. The average molecular weight is 531 g/mol. The summed E-state index contributed by atoms with van der Waals surface area (Å²) in [5.41, 5.74) is 10.6. The molecule has 1 heterocycles. The third kappa shape index (κ3) is 5.79. The second kappa shape index (κ2) is 9.88. The summed E-state index contributed by atoms with van der Waals surface area (Å²) in [6, 6.07) is 20.8. The summed E-state index contributed by atoms with van der Waals surface area (Å²) in [4.78, 5) is 0. The third-order valence-electron chi connectivity index (χ3n) is 7.53. The molecule has 1 aliphatic heterocycles. The molecule has 0 unspecified atom stereocenters. The predicted molar refractivity (Wildman–Crippen MR) is 166 cm³/mol. The summed E-state index contributed by atoms with van der Waals surface area (Å²) in [7, 11) is -1.08. The fourth-order valence-corrected chi connectivity index (χ4v) is 6.28. The first-order chi connectivity index (χ1) is 17.4. The van der Waals surface area contributed by atoms with E-state index in [9.17, 15) is 0 Å². The van der Waals surface area contributed by atoms with Gasteiger partial charge >= 0.3 is 0 Å². The Morgan fingerprint density at radius 3 is 1.42 bits per heavy atom. The van der Waals surface area contributed by atoms with Crippen LogP contribution in [0.15, 0.2) is 54.6 Å². The third-order valence-corrected chi connectivity index (χ3v) is 8.97. The first-order valence-electron chi connectivity index (χ1n) is 13.9. The van der Waals surface area contributed by atoms with Gasteiger partial charge in [0.05, 0.1) is 0 Å². The lowest BCUT2D eigenvalue weighted by Gasteiger charge is -2.33. The van der Waals surface area contributed by atoms with Crippen molar-refractivity contribution in [2.75, 3.05) is 6.79 Å². The lowest BCUT2D eigenvalue weighted by molar-refractivity contribution is 0.0446. The molecule has 3 heteroatoms. The van der Waals surface area contributed by atoms with Gasteiger partial charge in [0, 0.05) is 10.9 Å². The van der Waals surface area contributed by atoms with Crippen molar-refractivity contribution < 1.29 is 9.05 Å². The van der Waals surface area contributed by atoms with Crippen LogP contribution in [0.25, 0.3) is 22.3 Å². The van der Waals surface area contributed by atoms with Crippen LogP contribution in [0.3, 0.4) is 0 Å². The highest BCUT2D eigenvalue weighted by molar-refractivity contribution is 7.57. The fourth-order valence-electron chi connectivity index (χ4n) is 5.16. The highest BCUT2D eigenvalue weighted by atomic mass is 31.2. The Labute approximate surface area is 233 Å². The Kier molecular flexibility index (Phi) is 7.54. The molecule has 0 amide bonds. The molecule has 3 aromatic rings. The number of benzene rings is 3. The Hall–Kier alpha value is -1.99. The van der Waals surface area contributed by atoms with Gasteiger partial charge in [-0.15, -0.1) is 0 Å². The summed E-state index contributed by atoms with van der Waals surface area (Å²) >= 11 is 0. The van der Waals surface area contributed by atoms with Gasteiger partial charge in [0.1, 0.15) is 0 Å². The normalized spacial score (nSPS) is 15.5. The zero-order chi connectivity index (χ0) is 28.3. The maximum Gasteiger partial charge on any atom is 0.210 e. The summed E-state index contributed by atoms with van der Waals surface area (Å²) in [5, 5.41) is 1.16. The molecule has 4 rings (SSSR count). The van der Waals surface area contributed by atoms with E-state index in [2.05, 4.69) is 138 Å². The molecule has 1 fully saturated rings. The van der Waals surface area contributed by atoms with E-state index >= 15 is 0 Å². The van der Waals surface area contributed by atoms with Crippen LogP contribution in [0, 0.1) is 0 Å². The molecule has 3 aromatic carbocycles. The van der Waals surface area contributed by atoms with E-state index in [1.165, 1.54) is 44.5 Å². The van der Waals surface area contributed by atoms with Crippen molar-refractivity contribution in [2.24, 2.45) is 0 Å². The number of rotatable bonds is 3. The predicted octanol–water partition coefficient (Wildman–Crippen LogP) is 10.2. The van der Waals surface area contributed by atoms with Crippen LogP contribution in [-0.4, -0.2) is 6.79 Å². The van der Waals surface area contributed by atoms with Crippen molar-refractivity contribution in [3.8, 4) is 22.3 Å². The van der Waals surface area contributed by atoms with Gasteiger partial charge in [0.15, 0.2) is 6.79 Å². The minimum atomic E-state index is -1.08. The molecule has 0 aromatic heterocycles. The lowest BCUT2D eigenvalue weighted by Crippen LogP contribution is -2.22. The fraction of sp³-hybridized carbons (Fsp3) is 0.486. The minimum absolute atomic E-state index is 0.0123. The SMILES string of the molecule is CC(C)(C)c1ccc(-c2cccc(P3OCO3)c2-c2ccc(C(C)(C)C)cc2C(C)(C)C)c(C(C)(C)C)c1. The molecule has 204 valence electrons. The van der Waals surface area contributed by atoms with Crippen molar-refractivity contribution in [1.82, 2.24) is 0 Å². The van der Waals surface area contributed by atoms with Gasteiger partial charge in [-0.2, -0.15) is 0 Å². The first-order valence-corrected chi connectivity index (χ1v) is 15.1. The van der Waals surface area contributed by atoms with Crippen LogP contribution in [0.5, 0.6) is 0 Å². The zero-order valence-electron chi connectivity index (χ0n) is 25.7.